The Morgan fingerprint density at radius 3 is 3.00 bits per heavy atom. The highest BCUT2D eigenvalue weighted by atomic mass is 16.5. The van der Waals surface area contributed by atoms with Gasteiger partial charge in [-0.1, -0.05) is 6.08 Å². The molecule has 0 spiro atoms. The van der Waals surface area contributed by atoms with Gasteiger partial charge in [0.15, 0.2) is 5.78 Å². The molecule has 2 aromatic rings. The first-order valence-corrected chi connectivity index (χ1v) is 9.54. The summed E-state index contributed by atoms with van der Waals surface area (Å²) in [6.07, 6.45) is 5.82. The Labute approximate surface area is 160 Å². The van der Waals surface area contributed by atoms with E-state index in [0.717, 1.165) is 36.1 Å². The van der Waals surface area contributed by atoms with E-state index in [0.29, 0.717) is 24.0 Å². The fraction of sp³-hybridized carbons (Fsp3) is 0.476. The molecule has 0 amide bonds. The molecule has 144 valence electrons. The number of ether oxygens (including phenoxy) is 1. The molecule has 1 aromatic carbocycles. The average Bonchev–Trinajstić information content (AvgIpc) is 3.26. The molecule has 6 nitrogen and oxygen atoms in total. The molecule has 1 fully saturated rings. The zero-order valence-electron chi connectivity index (χ0n) is 16.4. The number of carbonyl (C=O) groups is 1. The summed E-state index contributed by atoms with van der Waals surface area (Å²) in [4.78, 5) is 26.8. The van der Waals surface area contributed by atoms with Crippen molar-refractivity contribution in [3.8, 4) is 0 Å². The SMILES string of the molecule is C=CCN1CCCC1CN=C(OC(C)C)c1cc2[nH]cnc2cc1C(C)=O. The van der Waals surface area contributed by atoms with Crippen molar-refractivity contribution < 1.29 is 9.53 Å². The highest BCUT2D eigenvalue weighted by molar-refractivity contribution is 6.09. The van der Waals surface area contributed by atoms with Crippen LogP contribution in [0.1, 0.15) is 49.5 Å². The zero-order chi connectivity index (χ0) is 19.4. The number of nitrogens with one attached hydrogen (secondary N) is 1. The molecule has 6 heteroatoms. The first-order chi connectivity index (χ1) is 13.0. The van der Waals surface area contributed by atoms with Crippen molar-refractivity contribution >= 4 is 22.7 Å². The maximum Gasteiger partial charge on any atom is 0.217 e. The van der Waals surface area contributed by atoms with Crippen LogP contribution >= 0.6 is 0 Å². The van der Waals surface area contributed by atoms with Crippen LogP contribution in [-0.4, -0.2) is 58.3 Å². The lowest BCUT2D eigenvalue weighted by atomic mass is 10.0. The minimum atomic E-state index is -0.0334. The third-order valence-corrected chi connectivity index (χ3v) is 4.82. The number of benzene rings is 1. The third-order valence-electron chi connectivity index (χ3n) is 4.82. The summed E-state index contributed by atoms with van der Waals surface area (Å²) in [7, 11) is 0. The molecule has 1 unspecified atom stereocenters. The fourth-order valence-electron chi connectivity index (χ4n) is 3.56. The quantitative estimate of drug-likeness (QED) is 0.351. The number of hydrogen-bond acceptors (Lipinski definition) is 5. The minimum absolute atomic E-state index is 0.0240. The van der Waals surface area contributed by atoms with Crippen LogP contribution in [-0.2, 0) is 4.74 Å². The van der Waals surface area contributed by atoms with Crippen LogP contribution in [0.25, 0.3) is 11.0 Å². The topological polar surface area (TPSA) is 70.6 Å². The van der Waals surface area contributed by atoms with Crippen LogP contribution in [0, 0.1) is 0 Å². The molecule has 0 radical (unpaired) electrons. The van der Waals surface area contributed by atoms with Gasteiger partial charge in [-0.05, 0) is 52.3 Å². The molecule has 1 aliphatic rings. The number of fused-ring (bicyclic) bond motifs is 1. The lowest BCUT2D eigenvalue weighted by Gasteiger charge is -2.22. The van der Waals surface area contributed by atoms with Gasteiger partial charge in [0.25, 0.3) is 0 Å². The number of nitrogens with zero attached hydrogens (tertiary/aromatic N) is 3. The van der Waals surface area contributed by atoms with E-state index >= 15 is 0 Å². The molecule has 1 aromatic heterocycles. The third kappa shape index (κ3) is 4.45. The van der Waals surface area contributed by atoms with Crippen molar-refractivity contribution in [2.24, 2.45) is 4.99 Å². The van der Waals surface area contributed by atoms with Gasteiger partial charge in [-0.3, -0.25) is 9.69 Å². The standard InChI is InChI=1S/C21H28N4O2/c1-5-8-25-9-6-7-16(25)12-22-21(27-14(2)3)18-11-20-19(23-13-24-20)10-17(18)15(4)26/h5,10-11,13-14,16H,1,6-9,12H2,2-4H3,(H,23,24). The second-order valence-corrected chi connectivity index (χ2v) is 7.27. The number of H-pyrrole nitrogens is 1. The first-order valence-electron chi connectivity index (χ1n) is 9.54. The van der Waals surface area contributed by atoms with Crippen LogP contribution in [0.4, 0.5) is 0 Å². The smallest absolute Gasteiger partial charge is 0.217 e. The van der Waals surface area contributed by atoms with Gasteiger partial charge in [-0.25, -0.2) is 9.98 Å². The van der Waals surface area contributed by atoms with E-state index in [2.05, 4.69) is 21.4 Å². The van der Waals surface area contributed by atoms with Crippen molar-refractivity contribution in [3.63, 3.8) is 0 Å². The number of imidazole rings is 1. The number of ketones is 1. The van der Waals surface area contributed by atoms with Gasteiger partial charge in [0.2, 0.25) is 5.90 Å². The van der Waals surface area contributed by atoms with Crippen molar-refractivity contribution in [1.29, 1.82) is 0 Å². The molecule has 2 heterocycles. The molecule has 27 heavy (non-hydrogen) atoms. The number of rotatable bonds is 7. The van der Waals surface area contributed by atoms with Gasteiger partial charge < -0.3 is 9.72 Å². The number of Topliss-reactive ketones (excluding diaryl/α,β-unsaturated/α-hetero) is 1. The van der Waals surface area contributed by atoms with Crippen molar-refractivity contribution in [2.75, 3.05) is 19.6 Å². The predicted octanol–water partition coefficient (Wildman–Crippen LogP) is 3.59. The minimum Gasteiger partial charge on any atom is -0.475 e. The molecule has 1 N–H and O–H groups in total. The lowest BCUT2D eigenvalue weighted by Crippen LogP contribution is -2.32. The van der Waals surface area contributed by atoms with Crippen LogP contribution < -0.4 is 0 Å². The average molecular weight is 368 g/mol. The number of carbonyl (C=O) groups excluding carboxylic acids is 1. The summed E-state index contributed by atoms with van der Waals surface area (Å²) in [6, 6.07) is 4.10. The summed E-state index contributed by atoms with van der Waals surface area (Å²) in [5, 5.41) is 0. The summed E-state index contributed by atoms with van der Waals surface area (Å²) in [6.45, 7) is 11.9. The molecule has 1 aliphatic heterocycles. The van der Waals surface area contributed by atoms with Crippen LogP contribution in [0.2, 0.25) is 0 Å². The van der Waals surface area contributed by atoms with E-state index in [-0.39, 0.29) is 11.9 Å². The van der Waals surface area contributed by atoms with E-state index in [1.165, 1.54) is 6.42 Å². The van der Waals surface area contributed by atoms with E-state index < -0.39 is 0 Å². The van der Waals surface area contributed by atoms with Crippen molar-refractivity contribution in [3.05, 3.63) is 42.2 Å². The molecule has 0 saturated carbocycles. The summed E-state index contributed by atoms with van der Waals surface area (Å²) in [5.41, 5.74) is 2.94. The van der Waals surface area contributed by atoms with E-state index in [1.54, 1.807) is 13.3 Å². The highest BCUT2D eigenvalue weighted by Gasteiger charge is 2.24. The number of aromatic amines is 1. The number of aliphatic imine (C=N–C) groups is 1. The molecule has 0 bridgehead atoms. The van der Waals surface area contributed by atoms with E-state index in [1.807, 2.05) is 32.1 Å². The Hall–Kier alpha value is -2.47. The molecule has 1 atom stereocenters. The largest absolute Gasteiger partial charge is 0.475 e. The Kier molecular flexibility index (Phi) is 6.06. The maximum absolute atomic E-state index is 12.3. The van der Waals surface area contributed by atoms with Gasteiger partial charge in [0.1, 0.15) is 0 Å². The molecule has 0 aliphatic carbocycles. The normalized spacial score (nSPS) is 18.4. The van der Waals surface area contributed by atoms with Gasteiger partial charge in [-0.15, -0.1) is 6.58 Å². The Morgan fingerprint density at radius 2 is 2.30 bits per heavy atom. The van der Waals surface area contributed by atoms with Crippen molar-refractivity contribution in [2.45, 2.75) is 45.8 Å². The van der Waals surface area contributed by atoms with E-state index in [4.69, 9.17) is 9.73 Å². The Balaban J connectivity index is 1.96. The Bertz CT molecular complexity index is 853. The van der Waals surface area contributed by atoms with Crippen LogP contribution in [0.3, 0.4) is 0 Å². The van der Waals surface area contributed by atoms with Gasteiger partial charge >= 0.3 is 0 Å². The van der Waals surface area contributed by atoms with Gasteiger partial charge in [0.05, 0.1) is 30.0 Å². The zero-order valence-corrected chi connectivity index (χ0v) is 16.4. The monoisotopic (exact) mass is 368 g/mol. The fourth-order valence-corrected chi connectivity index (χ4v) is 3.56. The number of likely N-dealkylation sites (tertiary alicyclic amines) is 1. The lowest BCUT2D eigenvalue weighted by molar-refractivity contribution is 0.101. The van der Waals surface area contributed by atoms with Gasteiger partial charge in [0, 0.05) is 23.7 Å². The molecule has 3 rings (SSSR count). The Morgan fingerprint density at radius 1 is 1.48 bits per heavy atom. The number of hydrogen-bond donors (Lipinski definition) is 1. The predicted molar refractivity (Wildman–Crippen MR) is 109 cm³/mol. The first kappa shape index (κ1) is 19.3. The number of aromatic nitrogens is 2. The summed E-state index contributed by atoms with van der Waals surface area (Å²) < 4.78 is 6.03. The van der Waals surface area contributed by atoms with E-state index in [9.17, 15) is 4.79 Å². The molecular formula is C21H28N4O2. The van der Waals surface area contributed by atoms with Crippen LogP contribution in [0.15, 0.2) is 36.1 Å². The van der Waals surface area contributed by atoms with Crippen LogP contribution in [0.5, 0.6) is 0 Å². The summed E-state index contributed by atoms with van der Waals surface area (Å²) >= 11 is 0. The molecular weight excluding hydrogens is 340 g/mol. The van der Waals surface area contributed by atoms with Crippen molar-refractivity contribution in [1.82, 2.24) is 14.9 Å². The highest BCUT2D eigenvalue weighted by Crippen LogP contribution is 2.22. The second-order valence-electron chi connectivity index (χ2n) is 7.27. The van der Waals surface area contributed by atoms with Gasteiger partial charge in [-0.2, -0.15) is 0 Å². The summed E-state index contributed by atoms with van der Waals surface area (Å²) in [5.74, 6) is 0.501. The maximum atomic E-state index is 12.3. The second kappa shape index (κ2) is 8.48. The molecule has 1 saturated heterocycles.